The molecule has 0 saturated heterocycles. The number of carbonyl (C=O) groups is 1. The van der Waals surface area contributed by atoms with Crippen LogP contribution in [-0.4, -0.2) is 41.7 Å². The fourth-order valence-corrected chi connectivity index (χ4v) is 5.05. The average molecular weight is 428 g/mol. The lowest BCUT2D eigenvalue weighted by Gasteiger charge is -2.34. The number of amides is 1. The van der Waals surface area contributed by atoms with Crippen LogP contribution >= 0.6 is 0 Å². The third kappa shape index (κ3) is 5.43. The van der Waals surface area contributed by atoms with Crippen molar-refractivity contribution < 1.29 is 9.90 Å². The zero-order valence-corrected chi connectivity index (χ0v) is 19.8. The molecule has 1 aromatic heterocycles. The van der Waals surface area contributed by atoms with E-state index in [2.05, 4.69) is 54.3 Å². The van der Waals surface area contributed by atoms with Crippen LogP contribution in [-0.2, 0) is 17.6 Å². The summed E-state index contributed by atoms with van der Waals surface area (Å²) in [7, 11) is 2.03. The first-order valence-corrected chi connectivity index (χ1v) is 12.2. The van der Waals surface area contributed by atoms with Gasteiger partial charge in [0.15, 0.2) is 0 Å². The van der Waals surface area contributed by atoms with Crippen LogP contribution in [0.1, 0.15) is 76.8 Å². The van der Waals surface area contributed by atoms with Gasteiger partial charge in [-0.25, -0.2) is 0 Å². The highest BCUT2D eigenvalue weighted by Crippen LogP contribution is 2.35. The fraction of sp³-hybridized carbons (Fsp3) is 0.654. The van der Waals surface area contributed by atoms with E-state index in [0.29, 0.717) is 0 Å². The largest absolute Gasteiger partial charge is 0.394 e. The van der Waals surface area contributed by atoms with Gasteiger partial charge < -0.3 is 20.3 Å². The summed E-state index contributed by atoms with van der Waals surface area (Å²) in [6.07, 6.45) is 12.6. The quantitative estimate of drug-likeness (QED) is 0.496. The zero-order chi connectivity index (χ0) is 22.4. The second kappa shape index (κ2) is 11.0. The Morgan fingerprint density at radius 3 is 2.61 bits per heavy atom. The number of unbranched alkanes of at least 4 members (excludes halogenated alkanes) is 5. The number of nitrogens with zero attached hydrogens (tertiary/aromatic N) is 1. The van der Waals surface area contributed by atoms with Crippen LogP contribution in [0.15, 0.2) is 18.3 Å². The number of aliphatic hydroxyl groups is 1. The summed E-state index contributed by atoms with van der Waals surface area (Å²) < 4.78 is 0. The van der Waals surface area contributed by atoms with Crippen LogP contribution in [0.3, 0.4) is 0 Å². The number of benzene rings is 1. The maximum absolute atomic E-state index is 13.1. The highest BCUT2D eigenvalue weighted by molar-refractivity contribution is 5.99. The molecular weight excluding hydrogens is 386 g/mol. The van der Waals surface area contributed by atoms with Crippen LogP contribution in [0.25, 0.3) is 10.9 Å². The molecule has 5 nitrogen and oxygen atoms in total. The summed E-state index contributed by atoms with van der Waals surface area (Å²) in [5, 5.41) is 14.1. The number of hydrogen-bond donors (Lipinski definition) is 3. The molecule has 3 rings (SSSR count). The van der Waals surface area contributed by atoms with E-state index in [0.717, 1.165) is 24.9 Å². The Labute approximate surface area is 187 Å². The van der Waals surface area contributed by atoms with Gasteiger partial charge in [0, 0.05) is 24.3 Å². The molecule has 0 aliphatic carbocycles. The number of hydrogen-bond acceptors (Lipinski definition) is 3. The fourth-order valence-electron chi connectivity index (χ4n) is 5.05. The van der Waals surface area contributed by atoms with Crippen molar-refractivity contribution in [1.82, 2.24) is 10.3 Å². The molecule has 2 heterocycles. The first-order valence-electron chi connectivity index (χ1n) is 12.2. The molecule has 0 fully saturated rings. The molecule has 0 unspecified atom stereocenters. The van der Waals surface area contributed by atoms with Crippen molar-refractivity contribution in [2.24, 2.45) is 5.92 Å². The normalized spacial score (nSPS) is 19.8. The van der Waals surface area contributed by atoms with Crippen molar-refractivity contribution in [2.75, 3.05) is 18.6 Å². The molecule has 5 heteroatoms. The van der Waals surface area contributed by atoms with Gasteiger partial charge >= 0.3 is 0 Å². The van der Waals surface area contributed by atoms with E-state index in [1.54, 1.807) is 0 Å². The lowest BCUT2D eigenvalue weighted by atomic mass is 9.94. The van der Waals surface area contributed by atoms with Crippen LogP contribution in [0.2, 0.25) is 0 Å². The topological polar surface area (TPSA) is 68.4 Å². The lowest BCUT2D eigenvalue weighted by molar-refractivity contribution is -0.124. The van der Waals surface area contributed by atoms with Crippen molar-refractivity contribution in [2.45, 2.75) is 90.6 Å². The number of rotatable bonds is 9. The summed E-state index contributed by atoms with van der Waals surface area (Å²) >= 11 is 0. The number of H-pyrrole nitrogens is 1. The molecule has 1 aromatic carbocycles. The molecule has 31 heavy (non-hydrogen) atoms. The van der Waals surface area contributed by atoms with Gasteiger partial charge in [-0.1, -0.05) is 58.9 Å². The standard InChI is InChI=1S/C26H41N3O2/c1-5-6-7-8-9-10-11-19-13-15-22-23-20(16-27-24(19)23)12-14-21(17-30)28-26(31)25(18(2)3)29(22)4/h13,15-16,18,21,25,27,30H,5-12,14,17H2,1-4H3,(H,28,31)/t21-,25-/m0/s1. The maximum atomic E-state index is 13.1. The molecule has 2 atom stereocenters. The minimum absolute atomic E-state index is 0.000147. The molecule has 0 saturated carbocycles. The Bertz CT molecular complexity index is 858. The Hall–Kier alpha value is -2.01. The monoisotopic (exact) mass is 427 g/mol. The molecule has 1 aliphatic rings. The Balaban J connectivity index is 1.93. The molecule has 0 bridgehead atoms. The predicted octanol–water partition coefficient (Wildman–Crippen LogP) is 4.96. The van der Waals surface area contributed by atoms with Crippen LogP contribution in [0.5, 0.6) is 0 Å². The highest BCUT2D eigenvalue weighted by atomic mass is 16.3. The molecule has 0 spiro atoms. The third-order valence-electron chi connectivity index (χ3n) is 6.81. The van der Waals surface area contributed by atoms with Crippen molar-refractivity contribution >= 4 is 22.5 Å². The molecule has 172 valence electrons. The van der Waals surface area contributed by atoms with Gasteiger partial charge in [0.2, 0.25) is 5.91 Å². The Kier molecular flexibility index (Phi) is 8.42. The average Bonchev–Trinajstić information content (AvgIpc) is 3.17. The summed E-state index contributed by atoms with van der Waals surface area (Å²) in [6.45, 7) is 6.40. The van der Waals surface area contributed by atoms with Crippen LogP contribution in [0.4, 0.5) is 5.69 Å². The molecule has 1 aliphatic heterocycles. The third-order valence-corrected chi connectivity index (χ3v) is 6.81. The lowest BCUT2D eigenvalue weighted by Crippen LogP contribution is -2.52. The van der Waals surface area contributed by atoms with Gasteiger partial charge in [0.25, 0.3) is 0 Å². The number of carbonyl (C=O) groups excluding carboxylic acids is 1. The Morgan fingerprint density at radius 1 is 1.16 bits per heavy atom. The van der Waals surface area contributed by atoms with Gasteiger partial charge in [-0.15, -0.1) is 0 Å². The molecule has 0 radical (unpaired) electrons. The summed E-state index contributed by atoms with van der Waals surface area (Å²) in [4.78, 5) is 18.8. The van der Waals surface area contributed by atoms with E-state index in [9.17, 15) is 9.90 Å². The molecular formula is C26H41N3O2. The number of aryl methyl sites for hydroxylation is 2. The first-order chi connectivity index (χ1) is 15.0. The smallest absolute Gasteiger partial charge is 0.243 e. The number of anilines is 1. The van der Waals surface area contributed by atoms with E-state index in [1.807, 2.05) is 7.05 Å². The SMILES string of the molecule is CCCCCCCCc1ccc2c3c(c[nH]c13)CC[C@@H](CO)NC(=O)[C@H](C(C)C)N2C. The molecule has 3 N–H and O–H groups in total. The van der Waals surface area contributed by atoms with Crippen LogP contribution < -0.4 is 10.2 Å². The van der Waals surface area contributed by atoms with Crippen molar-refractivity contribution in [3.63, 3.8) is 0 Å². The molecule has 2 aromatic rings. The number of aromatic amines is 1. The minimum atomic E-state index is -0.275. The van der Waals surface area contributed by atoms with Gasteiger partial charge in [-0.05, 0) is 48.8 Å². The van der Waals surface area contributed by atoms with E-state index in [4.69, 9.17) is 0 Å². The van der Waals surface area contributed by atoms with Crippen molar-refractivity contribution in [3.05, 3.63) is 29.5 Å². The van der Waals surface area contributed by atoms with E-state index < -0.39 is 0 Å². The van der Waals surface area contributed by atoms with Gasteiger partial charge in [-0.3, -0.25) is 4.79 Å². The number of nitrogens with one attached hydrogen (secondary N) is 2. The maximum Gasteiger partial charge on any atom is 0.243 e. The van der Waals surface area contributed by atoms with E-state index >= 15 is 0 Å². The number of likely N-dealkylation sites (N-methyl/N-ethyl adjacent to an activating group) is 1. The van der Waals surface area contributed by atoms with Gasteiger partial charge in [0.1, 0.15) is 6.04 Å². The second-order valence-electron chi connectivity index (χ2n) is 9.55. The van der Waals surface area contributed by atoms with Gasteiger partial charge in [0.05, 0.1) is 18.2 Å². The van der Waals surface area contributed by atoms with E-state index in [1.165, 1.54) is 60.6 Å². The van der Waals surface area contributed by atoms with E-state index in [-0.39, 0.29) is 30.5 Å². The second-order valence-corrected chi connectivity index (χ2v) is 9.55. The summed E-state index contributed by atoms with van der Waals surface area (Å²) in [5.41, 5.74) is 4.99. The van der Waals surface area contributed by atoms with Crippen LogP contribution in [0, 0.1) is 5.92 Å². The highest BCUT2D eigenvalue weighted by Gasteiger charge is 2.31. The summed E-state index contributed by atoms with van der Waals surface area (Å²) in [6, 6.07) is 3.97. The van der Waals surface area contributed by atoms with Gasteiger partial charge in [-0.2, -0.15) is 0 Å². The zero-order valence-electron chi connectivity index (χ0n) is 19.8. The molecule has 1 amide bonds. The van der Waals surface area contributed by atoms with Crippen molar-refractivity contribution in [1.29, 1.82) is 0 Å². The Morgan fingerprint density at radius 2 is 1.90 bits per heavy atom. The number of aromatic nitrogens is 1. The predicted molar refractivity (Wildman–Crippen MR) is 130 cm³/mol. The number of aliphatic hydroxyl groups excluding tert-OH is 1. The summed E-state index contributed by atoms with van der Waals surface area (Å²) in [5.74, 6) is 0.156. The van der Waals surface area contributed by atoms with Crippen molar-refractivity contribution in [3.8, 4) is 0 Å². The minimum Gasteiger partial charge on any atom is -0.394 e. The first kappa shape index (κ1) is 23.6.